The topological polar surface area (TPSA) is 72.5 Å². The summed E-state index contributed by atoms with van der Waals surface area (Å²) in [4.78, 5) is 0. The van der Waals surface area contributed by atoms with E-state index in [-0.39, 0.29) is 11.6 Å². The lowest BCUT2D eigenvalue weighted by atomic mass is 10.1. The standard InChI is InChI=1S/C7H10N2O2S/c8-7-6-3-1-2-5(6)4-12(10,11)9-7/h1-4H2,(H2,8,9). The number of amidine groups is 1. The minimum absolute atomic E-state index is 0.0863. The van der Waals surface area contributed by atoms with E-state index < -0.39 is 10.0 Å². The molecule has 0 spiro atoms. The number of sulfonamides is 1. The summed E-state index contributed by atoms with van der Waals surface area (Å²) >= 11 is 0. The number of hydrogen-bond acceptors (Lipinski definition) is 3. The number of rotatable bonds is 0. The zero-order valence-electron chi connectivity index (χ0n) is 6.58. The molecule has 0 aromatic heterocycles. The summed E-state index contributed by atoms with van der Waals surface area (Å²) in [6, 6.07) is 0. The third-order valence-electron chi connectivity index (χ3n) is 2.24. The van der Waals surface area contributed by atoms with Crippen LogP contribution in [0.15, 0.2) is 15.5 Å². The van der Waals surface area contributed by atoms with Gasteiger partial charge in [-0.1, -0.05) is 0 Å². The van der Waals surface area contributed by atoms with Gasteiger partial charge in [0.05, 0.1) is 5.75 Å². The lowest BCUT2D eigenvalue weighted by Gasteiger charge is -2.11. The van der Waals surface area contributed by atoms with Gasteiger partial charge in [0.25, 0.3) is 10.0 Å². The fourth-order valence-electron chi connectivity index (χ4n) is 1.73. The molecule has 0 radical (unpaired) electrons. The summed E-state index contributed by atoms with van der Waals surface area (Å²) in [5.74, 6) is 0.303. The number of hydrogen-bond donors (Lipinski definition) is 1. The maximum Gasteiger partial charge on any atom is 0.258 e. The van der Waals surface area contributed by atoms with E-state index in [0.29, 0.717) is 0 Å². The molecule has 5 heteroatoms. The van der Waals surface area contributed by atoms with Crippen LogP contribution in [0.1, 0.15) is 19.3 Å². The SMILES string of the molecule is NC1=NS(=O)(=O)CC2=C1CCC2. The van der Waals surface area contributed by atoms with Crippen LogP contribution in [0, 0.1) is 0 Å². The van der Waals surface area contributed by atoms with Crippen LogP contribution >= 0.6 is 0 Å². The van der Waals surface area contributed by atoms with Gasteiger partial charge in [-0.05, 0) is 30.4 Å². The predicted octanol–water partition coefficient (Wildman–Crippen LogP) is 0.167. The Morgan fingerprint density at radius 2 is 2.08 bits per heavy atom. The second-order valence-corrected chi connectivity index (χ2v) is 4.77. The molecule has 2 rings (SSSR count). The van der Waals surface area contributed by atoms with Crippen LogP contribution in [0.3, 0.4) is 0 Å². The third-order valence-corrected chi connectivity index (χ3v) is 3.42. The molecule has 0 saturated carbocycles. The molecule has 0 saturated heterocycles. The second-order valence-electron chi connectivity index (χ2n) is 3.14. The van der Waals surface area contributed by atoms with E-state index in [1.54, 1.807) is 0 Å². The monoisotopic (exact) mass is 186 g/mol. The molecule has 0 aromatic carbocycles. The highest BCUT2D eigenvalue weighted by Crippen LogP contribution is 2.30. The van der Waals surface area contributed by atoms with E-state index in [1.807, 2.05) is 0 Å². The molecule has 0 atom stereocenters. The van der Waals surface area contributed by atoms with Gasteiger partial charge < -0.3 is 5.73 Å². The molecule has 0 unspecified atom stereocenters. The fraction of sp³-hybridized carbons (Fsp3) is 0.571. The van der Waals surface area contributed by atoms with E-state index in [9.17, 15) is 8.42 Å². The largest absolute Gasteiger partial charge is 0.383 e. The van der Waals surface area contributed by atoms with Gasteiger partial charge in [0, 0.05) is 0 Å². The lowest BCUT2D eigenvalue weighted by molar-refractivity contribution is 0.599. The molecule has 1 aliphatic carbocycles. The van der Waals surface area contributed by atoms with E-state index in [0.717, 1.165) is 30.4 Å². The highest BCUT2D eigenvalue weighted by Gasteiger charge is 2.27. The maximum atomic E-state index is 11.1. The Balaban J connectivity index is 2.49. The molecule has 2 N–H and O–H groups in total. The summed E-state index contributed by atoms with van der Waals surface area (Å²) in [6.45, 7) is 0. The molecule has 12 heavy (non-hydrogen) atoms. The average Bonchev–Trinajstić information content (AvgIpc) is 2.31. The molecule has 66 valence electrons. The first-order valence-corrected chi connectivity index (χ1v) is 5.49. The highest BCUT2D eigenvalue weighted by molar-refractivity contribution is 7.90. The summed E-state index contributed by atoms with van der Waals surface area (Å²) in [6.07, 6.45) is 2.77. The van der Waals surface area contributed by atoms with Gasteiger partial charge >= 0.3 is 0 Å². The Morgan fingerprint density at radius 3 is 2.83 bits per heavy atom. The molecular formula is C7H10N2O2S. The van der Waals surface area contributed by atoms with Crippen molar-refractivity contribution < 1.29 is 8.42 Å². The molecule has 0 fully saturated rings. The van der Waals surface area contributed by atoms with Crippen LogP contribution in [0.5, 0.6) is 0 Å². The predicted molar refractivity (Wildman–Crippen MR) is 46.3 cm³/mol. The first kappa shape index (κ1) is 7.79. The van der Waals surface area contributed by atoms with Gasteiger partial charge in [0.1, 0.15) is 5.84 Å². The Morgan fingerprint density at radius 1 is 1.33 bits per heavy atom. The third kappa shape index (κ3) is 1.14. The minimum atomic E-state index is -3.28. The van der Waals surface area contributed by atoms with Crippen LogP contribution in [0.4, 0.5) is 0 Å². The van der Waals surface area contributed by atoms with Crippen LogP contribution in [0.25, 0.3) is 0 Å². The summed E-state index contributed by atoms with van der Waals surface area (Å²) < 4.78 is 25.7. The van der Waals surface area contributed by atoms with Crippen molar-refractivity contribution in [2.45, 2.75) is 19.3 Å². The lowest BCUT2D eigenvalue weighted by Crippen LogP contribution is -2.23. The molecule has 2 aliphatic rings. The second kappa shape index (κ2) is 2.32. The van der Waals surface area contributed by atoms with Crippen molar-refractivity contribution in [3.05, 3.63) is 11.1 Å². The van der Waals surface area contributed by atoms with E-state index >= 15 is 0 Å². The first-order chi connectivity index (χ1) is 5.58. The fourth-order valence-corrected chi connectivity index (χ4v) is 2.97. The maximum absolute atomic E-state index is 11.1. The Labute approximate surface area is 71.2 Å². The normalized spacial score (nSPS) is 26.8. The van der Waals surface area contributed by atoms with Crippen molar-refractivity contribution in [3.63, 3.8) is 0 Å². The zero-order valence-corrected chi connectivity index (χ0v) is 7.39. The number of nitrogens with zero attached hydrogens (tertiary/aromatic N) is 1. The Bertz CT molecular complexity index is 378. The summed E-state index contributed by atoms with van der Waals surface area (Å²) in [7, 11) is -3.28. The highest BCUT2D eigenvalue weighted by atomic mass is 32.2. The van der Waals surface area contributed by atoms with Crippen LogP contribution in [-0.4, -0.2) is 20.0 Å². The van der Waals surface area contributed by atoms with Crippen molar-refractivity contribution in [3.8, 4) is 0 Å². The molecule has 4 nitrogen and oxygen atoms in total. The van der Waals surface area contributed by atoms with Crippen molar-refractivity contribution >= 4 is 15.9 Å². The van der Waals surface area contributed by atoms with Crippen LogP contribution in [-0.2, 0) is 10.0 Å². The summed E-state index contributed by atoms with van der Waals surface area (Å²) in [5, 5.41) is 0. The van der Waals surface area contributed by atoms with Crippen molar-refractivity contribution in [2.75, 3.05) is 5.75 Å². The Hall–Kier alpha value is -0.840. The quantitative estimate of drug-likeness (QED) is 0.586. The van der Waals surface area contributed by atoms with Gasteiger partial charge in [0.2, 0.25) is 0 Å². The van der Waals surface area contributed by atoms with E-state index in [4.69, 9.17) is 5.73 Å². The molecule has 1 aliphatic heterocycles. The van der Waals surface area contributed by atoms with Crippen molar-refractivity contribution in [1.82, 2.24) is 0 Å². The van der Waals surface area contributed by atoms with E-state index in [2.05, 4.69) is 4.40 Å². The molecule has 0 amide bonds. The van der Waals surface area contributed by atoms with Crippen molar-refractivity contribution in [1.29, 1.82) is 0 Å². The first-order valence-electron chi connectivity index (χ1n) is 3.88. The minimum Gasteiger partial charge on any atom is -0.383 e. The average molecular weight is 186 g/mol. The Kier molecular flexibility index (Phi) is 1.51. The molecule has 0 aromatic rings. The van der Waals surface area contributed by atoms with Crippen LogP contribution in [0.2, 0.25) is 0 Å². The van der Waals surface area contributed by atoms with Gasteiger partial charge in [-0.3, -0.25) is 0 Å². The van der Waals surface area contributed by atoms with Crippen LogP contribution < -0.4 is 5.73 Å². The van der Waals surface area contributed by atoms with Crippen molar-refractivity contribution in [2.24, 2.45) is 10.1 Å². The van der Waals surface area contributed by atoms with Gasteiger partial charge in [-0.25, -0.2) is 8.42 Å². The van der Waals surface area contributed by atoms with Gasteiger partial charge in [-0.15, -0.1) is 4.40 Å². The number of nitrogens with two attached hydrogens (primary N) is 1. The van der Waals surface area contributed by atoms with Gasteiger partial charge in [0.15, 0.2) is 0 Å². The van der Waals surface area contributed by atoms with Gasteiger partial charge in [-0.2, -0.15) is 0 Å². The zero-order chi connectivity index (χ0) is 8.77. The molecular weight excluding hydrogens is 176 g/mol. The molecule has 1 heterocycles. The van der Waals surface area contributed by atoms with E-state index in [1.165, 1.54) is 0 Å². The molecule has 0 bridgehead atoms. The summed E-state index contributed by atoms with van der Waals surface area (Å²) in [5.41, 5.74) is 7.46. The smallest absolute Gasteiger partial charge is 0.258 e.